The molecule has 1 aliphatic heterocycles. The number of aromatic nitrogens is 2. The first kappa shape index (κ1) is 12.1. The zero-order valence-electron chi connectivity index (χ0n) is 10.4. The quantitative estimate of drug-likeness (QED) is 0.913. The highest BCUT2D eigenvalue weighted by Gasteiger charge is 2.19. The maximum absolute atomic E-state index is 4.63. The first-order valence-electron chi connectivity index (χ1n) is 6.27. The molecule has 96 valence electrons. The van der Waals surface area contributed by atoms with Crippen molar-refractivity contribution in [3.05, 3.63) is 34.8 Å². The van der Waals surface area contributed by atoms with E-state index in [1.807, 2.05) is 12.1 Å². The van der Waals surface area contributed by atoms with Crippen LogP contribution in [0.15, 0.2) is 29.0 Å². The van der Waals surface area contributed by atoms with E-state index in [1.54, 1.807) is 0 Å². The fourth-order valence-electron chi connectivity index (χ4n) is 2.55. The van der Waals surface area contributed by atoms with Crippen LogP contribution in [0.3, 0.4) is 0 Å². The maximum atomic E-state index is 4.63. The van der Waals surface area contributed by atoms with Crippen LogP contribution in [0, 0.1) is 0 Å². The van der Waals surface area contributed by atoms with Gasteiger partial charge < -0.3 is 14.6 Å². The summed E-state index contributed by atoms with van der Waals surface area (Å²) in [5, 5.41) is 3.56. The number of fused-ring (bicyclic) bond motifs is 1. The van der Waals surface area contributed by atoms with Crippen molar-refractivity contribution in [1.82, 2.24) is 19.6 Å². The molecule has 1 saturated heterocycles. The summed E-state index contributed by atoms with van der Waals surface area (Å²) < 4.78 is 3.10. The number of hydrogen-bond donors (Lipinski definition) is 1. The average molecular weight is 309 g/mol. The molecule has 0 amide bonds. The number of halogens is 1. The average Bonchev–Trinajstić information content (AvgIpc) is 2.67. The monoisotopic (exact) mass is 308 g/mol. The Morgan fingerprint density at radius 2 is 2.39 bits per heavy atom. The zero-order valence-corrected chi connectivity index (χ0v) is 12.0. The summed E-state index contributed by atoms with van der Waals surface area (Å²) in [5.41, 5.74) is 1.14. The van der Waals surface area contributed by atoms with E-state index in [1.165, 1.54) is 0 Å². The normalized spacial score (nSPS) is 21.6. The lowest BCUT2D eigenvalue weighted by atomic mass is 10.1. The first-order chi connectivity index (χ1) is 8.74. The number of nitrogens with one attached hydrogen (secondary N) is 1. The van der Waals surface area contributed by atoms with Gasteiger partial charge in [0.25, 0.3) is 0 Å². The topological polar surface area (TPSA) is 32.6 Å². The van der Waals surface area contributed by atoms with Crippen LogP contribution in [0.5, 0.6) is 0 Å². The van der Waals surface area contributed by atoms with E-state index in [0.717, 1.165) is 42.0 Å². The Hall–Kier alpha value is -0.910. The third-order valence-electron chi connectivity index (χ3n) is 3.46. The summed E-state index contributed by atoms with van der Waals surface area (Å²) >= 11 is 3.53. The minimum Gasteiger partial charge on any atom is -0.311 e. The Morgan fingerprint density at radius 3 is 3.22 bits per heavy atom. The van der Waals surface area contributed by atoms with Gasteiger partial charge in [0.05, 0.1) is 5.52 Å². The lowest BCUT2D eigenvalue weighted by Crippen LogP contribution is -2.50. The fraction of sp³-hybridized carbons (Fsp3) is 0.462. The third kappa shape index (κ3) is 2.30. The van der Waals surface area contributed by atoms with Crippen molar-refractivity contribution < 1.29 is 0 Å². The minimum absolute atomic E-state index is 0.487. The number of imidazole rings is 1. The molecule has 0 saturated carbocycles. The molecule has 1 aliphatic rings. The molecule has 18 heavy (non-hydrogen) atoms. The summed E-state index contributed by atoms with van der Waals surface area (Å²) in [5.74, 6) is 1.12. The standard InChI is InChI=1S/C13H17BrN4/c1-17-7-5-15-10(9-17)8-12-16-13(14)11-4-2-3-6-18(11)12/h2-4,6,10,15H,5,7-9H2,1H3. The van der Waals surface area contributed by atoms with Crippen molar-refractivity contribution >= 4 is 21.4 Å². The molecule has 1 fully saturated rings. The van der Waals surface area contributed by atoms with Gasteiger partial charge in [-0.1, -0.05) is 6.07 Å². The van der Waals surface area contributed by atoms with E-state index in [0.29, 0.717) is 6.04 Å². The van der Waals surface area contributed by atoms with E-state index in [-0.39, 0.29) is 0 Å². The first-order valence-corrected chi connectivity index (χ1v) is 7.07. The van der Waals surface area contributed by atoms with Gasteiger partial charge in [-0.15, -0.1) is 0 Å². The van der Waals surface area contributed by atoms with Gasteiger partial charge in [-0.05, 0) is 35.1 Å². The molecule has 2 aromatic heterocycles. The number of rotatable bonds is 2. The van der Waals surface area contributed by atoms with Crippen LogP contribution in [0.25, 0.3) is 5.52 Å². The molecular weight excluding hydrogens is 292 g/mol. The predicted molar refractivity (Wildman–Crippen MR) is 75.9 cm³/mol. The molecule has 2 aromatic rings. The second-order valence-electron chi connectivity index (χ2n) is 4.89. The summed E-state index contributed by atoms with van der Waals surface area (Å²) in [6, 6.07) is 6.66. The molecule has 1 atom stereocenters. The van der Waals surface area contributed by atoms with Crippen molar-refractivity contribution in [2.45, 2.75) is 12.5 Å². The maximum Gasteiger partial charge on any atom is 0.132 e. The third-order valence-corrected chi connectivity index (χ3v) is 4.05. The smallest absolute Gasteiger partial charge is 0.132 e. The van der Waals surface area contributed by atoms with Crippen LogP contribution < -0.4 is 5.32 Å². The van der Waals surface area contributed by atoms with Gasteiger partial charge in [0.15, 0.2) is 0 Å². The molecule has 5 heteroatoms. The lowest BCUT2D eigenvalue weighted by molar-refractivity contribution is 0.236. The van der Waals surface area contributed by atoms with Crippen molar-refractivity contribution in [2.75, 3.05) is 26.7 Å². The van der Waals surface area contributed by atoms with E-state index in [9.17, 15) is 0 Å². The van der Waals surface area contributed by atoms with Crippen LogP contribution in [0.1, 0.15) is 5.82 Å². The molecular formula is C13H17BrN4. The molecule has 0 bridgehead atoms. The van der Waals surface area contributed by atoms with Gasteiger partial charge in [0, 0.05) is 38.3 Å². The van der Waals surface area contributed by atoms with Crippen LogP contribution >= 0.6 is 15.9 Å². The zero-order chi connectivity index (χ0) is 12.5. The molecule has 0 radical (unpaired) electrons. The number of hydrogen-bond acceptors (Lipinski definition) is 3. The number of pyridine rings is 1. The Kier molecular flexibility index (Phi) is 3.37. The Balaban J connectivity index is 1.86. The van der Waals surface area contributed by atoms with Gasteiger partial charge in [-0.25, -0.2) is 4.98 Å². The summed E-state index contributed by atoms with van der Waals surface area (Å²) in [6.07, 6.45) is 3.04. The highest BCUT2D eigenvalue weighted by atomic mass is 79.9. The summed E-state index contributed by atoms with van der Waals surface area (Å²) in [7, 11) is 2.17. The van der Waals surface area contributed by atoms with E-state index in [2.05, 4.69) is 54.8 Å². The van der Waals surface area contributed by atoms with Crippen molar-refractivity contribution in [2.24, 2.45) is 0 Å². The molecule has 0 aromatic carbocycles. The van der Waals surface area contributed by atoms with Crippen LogP contribution in [0.4, 0.5) is 0 Å². The second-order valence-corrected chi connectivity index (χ2v) is 5.64. The molecule has 1 N–H and O–H groups in total. The molecule has 1 unspecified atom stereocenters. The minimum atomic E-state index is 0.487. The largest absolute Gasteiger partial charge is 0.311 e. The van der Waals surface area contributed by atoms with Gasteiger partial charge >= 0.3 is 0 Å². The molecule has 0 spiro atoms. The highest BCUT2D eigenvalue weighted by molar-refractivity contribution is 9.10. The number of piperazine rings is 1. The summed E-state index contributed by atoms with van der Waals surface area (Å²) in [6.45, 7) is 3.27. The van der Waals surface area contributed by atoms with Crippen LogP contribution in [-0.4, -0.2) is 47.0 Å². The number of nitrogens with zero attached hydrogens (tertiary/aromatic N) is 3. The SMILES string of the molecule is CN1CCNC(Cc2nc(Br)c3ccccn23)C1. The highest BCUT2D eigenvalue weighted by Crippen LogP contribution is 2.19. The van der Waals surface area contributed by atoms with Crippen molar-refractivity contribution in [1.29, 1.82) is 0 Å². The molecule has 3 heterocycles. The van der Waals surface area contributed by atoms with Crippen molar-refractivity contribution in [3.8, 4) is 0 Å². The Labute approximate surface area is 115 Å². The van der Waals surface area contributed by atoms with E-state index < -0.39 is 0 Å². The Bertz CT molecular complexity index is 551. The van der Waals surface area contributed by atoms with E-state index in [4.69, 9.17) is 0 Å². The van der Waals surface area contributed by atoms with E-state index >= 15 is 0 Å². The van der Waals surface area contributed by atoms with Crippen LogP contribution in [0.2, 0.25) is 0 Å². The molecule has 0 aliphatic carbocycles. The van der Waals surface area contributed by atoms with Gasteiger partial charge in [-0.2, -0.15) is 0 Å². The number of likely N-dealkylation sites (N-methyl/N-ethyl adjacent to an activating group) is 1. The fourth-order valence-corrected chi connectivity index (χ4v) is 3.08. The van der Waals surface area contributed by atoms with Gasteiger partial charge in [0.2, 0.25) is 0 Å². The Morgan fingerprint density at radius 1 is 1.50 bits per heavy atom. The molecule has 4 nitrogen and oxygen atoms in total. The van der Waals surface area contributed by atoms with Crippen LogP contribution in [-0.2, 0) is 6.42 Å². The second kappa shape index (κ2) is 4.99. The molecule has 3 rings (SSSR count). The van der Waals surface area contributed by atoms with Gasteiger partial charge in [0.1, 0.15) is 10.4 Å². The van der Waals surface area contributed by atoms with Crippen molar-refractivity contribution in [3.63, 3.8) is 0 Å². The predicted octanol–water partition coefficient (Wildman–Crippen LogP) is 1.54. The summed E-state index contributed by atoms with van der Waals surface area (Å²) in [4.78, 5) is 7.00. The lowest BCUT2D eigenvalue weighted by Gasteiger charge is -2.30. The van der Waals surface area contributed by atoms with Gasteiger partial charge in [-0.3, -0.25) is 0 Å².